The Bertz CT molecular complexity index is 930. The number of halogens is 6. The molecule has 1 aromatic rings. The number of para-hydroxylation sites is 1. The van der Waals surface area contributed by atoms with Crippen LogP contribution in [0.5, 0.6) is 5.75 Å². The summed E-state index contributed by atoms with van der Waals surface area (Å²) in [7, 11) is 3.62. The molecule has 1 N–H and O–H groups in total. The smallest absolute Gasteiger partial charge is 0.429 e. The van der Waals surface area contributed by atoms with Gasteiger partial charge < -0.3 is 19.9 Å². The third kappa shape index (κ3) is 5.17. The van der Waals surface area contributed by atoms with E-state index in [0.29, 0.717) is 0 Å². The number of nitrogens with zero attached hydrogens (tertiary/aromatic N) is 2. The van der Waals surface area contributed by atoms with Crippen LogP contribution in [-0.4, -0.2) is 62.1 Å². The van der Waals surface area contributed by atoms with Crippen molar-refractivity contribution in [1.82, 2.24) is 9.80 Å². The number of hydrogen-bond donors (Lipinski definition) is 1. The predicted octanol–water partition coefficient (Wildman–Crippen LogP) is 3.63. The number of carbonyl (C=O) groups is 2. The molecular weight excluding hydrogens is 444 g/mol. The van der Waals surface area contributed by atoms with E-state index in [4.69, 9.17) is 0 Å². The molecule has 1 aliphatic heterocycles. The summed E-state index contributed by atoms with van der Waals surface area (Å²) in [5.41, 5.74) is -1.97. The zero-order valence-corrected chi connectivity index (χ0v) is 17.3. The fourth-order valence-electron chi connectivity index (χ4n) is 3.60. The van der Waals surface area contributed by atoms with Crippen LogP contribution in [0.2, 0.25) is 0 Å². The minimum Gasteiger partial charge on any atom is -0.429 e. The Morgan fingerprint density at radius 2 is 1.97 bits per heavy atom. The van der Waals surface area contributed by atoms with Crippen molar-refractivity contribution in [2.24, 2.45) is 11.8 Å². The number of likely N-dealkylation sites (tertiary alicyclic amines) is 1. The zero-order chi connectivity index (χ0) is 24.4. The molecule has 6 nitrogen and oxygen atoms in total. The summed E-state index contributed by atoms with van der Waals surface area (Å²) in [5.74, 6) is -6.96. The lowest BCUT2D eigenvalue weighted by molar-refractivity contribution is -0.135. The minimum absolute atomic E-state index is 0.227. The van der Waals surface area contributed by atoms with Gasteiger partial charge in [0.2, 0.25) is 11.8 Å². The first-order valence-electron chi connectivity index (χ1n) is 9.19. The largest absolute Gasteiger partial charge is 0.431 e. The monoisotopic (exact) mass is 465 g/mol. The van der Waals surface area contributed by atoms with Gasteiger partial charge in [-0.05, 0) is 17.7 Å². The average Bonchev–Trinajstić information content (AvgIpc) is 2.95. The van der Waals surface area contributed by atoms with E-state index in [2.05, 4.69) is 16.6 Å². The first-order chi connectivity index (χ1) is 14.8. The Morgan fingerprint density at radius 1 is 1.34 bits per heavy atom. The van der Waals surface area contributed by atoms with Crippen LogP contribution in [0.3, 0.4) is 0 Å². The first-order valence-corrected chi connectivity index (χ1v) is 9.19. The number of nitrogens with one attached hydrogen (secondary N) is 1. The highest BCUT2D eigenvalue weighted by Crippen LogP contribution is 2.39. The second kappa shape index (κ2) is 9.53. The number of ether oxygens (including phenoxy) is 1. The second-order valence-corrected chi connectivity index (χ2v) is 7.19. The predicted molar refractivity (Wildman–Crippen MR) is 103 cm³/mol. The van der Waals surface area contributed by atoms with Gasteiger partial charge in [-0.15, -0.1) is 0 Å². The van der Waals surface area contributed by atoms with Crippen LogP contribution in [0.25, 0.3) is 0 Å². The van der Waals surface area contributed by atoms with Gasteiger partial charge in [0, 0.05) is 33.6 Å². The number of carbonyl (C=O) groups excluding carboxylic acids is 2. The molecule has 0 unspecified atom stereocenters. The highest BCUT2D eigenvalue weighted by Gasteiger charge is 2.48. The summed E-state index contributed by atoms with van der Waals surface area (Å²) < 4.78 is 84.3. The Kier molecular flexibility index (Phi) is 7.47. The van der Waals surface area contributed by atoms with Gasteiger partial charge in [-0.2, -0.15) is 22.0 Å². The average molecular weight is 465 g/mol. The summed E-state index contributed by atoms with van der Waals surface area (Å²) in [5, 5.41) is 2.13. The Hall–Kier alpha value is -3.18. The highest BCUT2D eigenvalue weighted by atomic mass is 19.4. The first kappa shape index (κ1) is 25.1. The van der Waals surface area contributed by atoms with Gasteiger partial charge in [0.05, 0.1) is 5.69 Å². The molecule has 0 bridgehead atoms. The molecule has 2 rings (SSSR count). The molecule has 0 aliphatic carbocycles. The third-order valence-electron chi connectivity index (χ3n) is 4.84. The number of allylic oxidation sites excluding steroid dienone is 2. The summed E-state index contributed by atoms with van der Waals surface area (Å²) in [6.45, 7) is -0.221. The standard InChI is InChI=1S/C20H21F6N3O3/c1-5-10(16(28(2)3)20(24,25)26)11-9-29(4)18(31)14(11)17(30)27-13-8-6-7-12(21)15(13)32-19(22)23/h5-8,11,14,19H,1,9H2,2-4H3,(H,27,30)/b16-10+/t11-,14+/m1/s1. The molecule has 2 amide bonds. The van der Waals surface area contributed by atoms with Crippen LogP contribution in [0.4, 0.5) is 32.0 Å². The molecule has 1 aromatic carbocycles. The van der Waals surface area contributed by atoms with E-state index in [1.165, 1.54) is 7.05 Å². The molecule has 2 atom stereocenters. The van der Waals surface area contributed by atoms with Crippen LogP contribution in [0, 0.1) is 17.7 Å². The Labute approximate surface area is 180 Å². The summed E-state index contributed by atoms with van der Waals surface area (Å²) in [4.78, 5) is 27.4. The number of benzene rings is 1. The van der Waals surface area contributed by atoms with Gasteiger partial charge in [0.15, 0.2) is 11.6 Å². The Balaban J connectivity index is 2.51. The van der Waals surface area contributed by atoms with E-state index in [1.807, 2.05) is 0 Å². The lowest BCUT2D eigenvalue weighted by Gasteiger charge is -2.27. The van der Waals surface area contributed by atoms with Gasteiger partial charge in [-0.25, -0.2) is 4.39 Å². The molecule has 1 fully saturated rings. The molecule has 0 radical (unpaired) electrons. The van der Waals surface area contributed by atoms with Gasteiger partial charge in [0.25, 0.3) is 0 Å². The fourth-order valence-corrected chi connectivity index (χ4v) is 3.60. The quantitative estimate of drug-likeness (QED) is 0.380. The van der Waals surface area contributed by atoms with Crippen molar-refractivity contribution in [2.45, 2.75) is 12.8 Å². The second-order valence-electron chi connectivity index (χ2n) is 7.19. The van der Waals surface area contributed by atoms with Crippen molar-refractivity contribution in [3.05, 3.63) is 47.9 Å². The maximum absolute atomic E-state index is 13.9. The van der Waals surface area contributed by atoms with E-state index in [0.717, 1.165) is 48.2 Å². The molecule has 12 heteroatoms. The van der Waals surface area contributed by atoms with Crippen LogP contribution >= 0.6 is 0 Å². The Morgan fingerprint density at radius 3 is 2.47 bits per heavy atom. The number of rotatable bonds is 7. The van der Waals surface area contributed by atoms with Gasteiger partial charge in [0.1, 0.15) is 11.6 Å². The molecule has 32 heavy (non-hydrogen) atoms. The van der Waals surface area contributed by atoms with Crippen molar-refractivity contribution in [3.8, 4) is 5.75 Å². The summed E-state index contributed by atoms with van der Waals surface area (Å²) >= 11 is 0. The topological polar surface area (TPSA) is 61.9 Å². The van der Waals surface area contributed by atoms with Crippen LogP contribution in [0.15, 0.2) is 42.1 Å². The van der Waals surface area contributed by atoms with E-state index < -0.39 is 59.4 Å². The molecule has 176 valence electrons. The van der Waals surface area contributed by atoms with E-state index in [-0.39, 0.29) is 12.1 Å². The van der Waals surface area contributed by atoms with E-state index >= 15 is 0 Å². The zero-order valence-electron chi connectivity index (χ0n) is 17.3. The van der Waals surface area contributed by atoms with E-state index in [1.54, 1.807) is 0 Å². The number of alkyl halides is 5. The lowest BCUT2D eigenvalue weighted by atomic mass is 9.85. The minimum atomic E-state index is -4.81. The summed E-state index contributed by atoms with van der Waals surface area (Å²) in [6.07, 6.45) is -3.88. The van der Waals surface area contributed by atoms with Crippen LogP contribution in [-0.2, 0) is 9.59 Å². The van der Waals surface area contributed by atoms with Crippen molar-refractivity contribution in [3.63, 3.8) is 0 Å². The molecule has 1 aliphatic rings. The maximum atomic E-state index is 13.9. The number of amides is 2. The van der Waals surface area contributed by atoms with Gasteiger partial charge in [-0.1, -0.05) is 18.7 Å². The molecular formula is C20H21F6N3O3. The highest BCUT2D eigenvalue weighted by molar-refractivity contribution is 6.08. The SMILES string of the molecule is C=C/C(=C(\N(C)C)C(F)(F)F)[C@H]1CN(C)C(=O)[C@@H]1C(=O)Nc1cccc(F)c1OC(F)F. The number of hydrogen-bond acceptors (Lipinski definition) is 4. The van der Waals surface area contributed by atoms with Crippen molar-refractivity contribution in [2.75, 3.05) is 33.0 Å². The lowest BCUT2D eigenvalue weighted by Crippen LogP contribution is -2.35. The fraction of sp³-hybridized carbons (Fsp3) is 0.400. The van der Waals surface area contributed by atoms with Gasteiger partial charge in [-0.3, -0.25) is 9.59 Å². The van der Waals surface area contributed by atoms with Crippen LogP contribution in [0.1, 0.15) is 0 Å². The molecule has 0 spiro atoms. The van der Waals surface area contributed by atoms with Crippen molar-refractivity contribution in [1.29, 1.82) is 0 Å². The van der Waals surface area contributed by atoms with Crippen molar-refractivity contribution < 1.29 is 40.7 Å². The van der Waals surface area contributed by atoms with Gasteiger partial charge >= 0.3 is 12.8 Å². The molecule has 0 aromatic heterocycles. The summed E-state index contributed by atoms with van der Waals surface area (Å²) in [6, 6.07) is 2.98. The normalized spacial score (nSPS) is 19.7. The molecule has 0 saturated carbocycles. The van der Waals surface area contributed by atoms with Crippen molar-refractivity contribution >= 4 is 17.5 Å². The third-order valence-corrected chi connectivity index (χ3v) is 4.84. The number of anilines is 1. The maximum Gasteiger partial charge on any atom is 0.431 e. The van der Waals surface area contributed by atoms with Crippen LogP contribution < -0.4 is 10.1 Å². The van der Waals surface area contributed by atoms with E-state index in [9.17, 15) is 35.9 Å². The molecule has 1 saturated heterocycles. The molecule has 1 heterocycles.